The summed E-state index contributed by atoms with van der Waals surface area (Å²) in [5.74, 6) is -0.506. The van der Waals surface area contributed by atoms with E-state index in [1.807, 2.05) is 29.6 Å². The molecule has 0 saturated heterocycles. The molecule has 0 saturated carbocycles. The van der Waals surface area contributed by atoms with Gasteiger partial charge in [0.25, 0.3) is 11.8 Å². The molecule has 0 aliphatic heterocycles. The largest absolute Gasteiger partial charge is 0.354 e. The monoisotopic (exact) mass is 431 g/mol. The number of nitrogens with zero attached hydrogens (tertiary/aromatic N) is 1. The number of benzene rings is 2. The third kappa shape index (κ3) is 4.41. The molecule has 2 aromatic carbocycles. The van der Waals surface area contributed by atoms with E-state index in [4.69, 9.17) is 4.52 Å². The highest BCUT2D eigenvalue weighted by atomic mass is 32.1. The predicted octanol–water partition coefficient (Wildman–Crippen LogP) is 5.02. The van der Waals surface area contributed by atoms with E-state index in [1.54, 1.807) is 19.1 Å². The van der Waals surface area contributed by atoms with Gasteiger partial charge in [0.15, 0.2) is 5.76 Å². The summed E-state index contributed by atoms with van der Waals surface area (Å²) < 4.78 is 5.31. The summed E-state index contributed by atoms with van der Waals surface area (Å²) in [7, 11) is 0. The quantitative estimate of drug-likeness (QED) is 0.435. The van der Waals surface area contributed by atoms with Crippen LogP contribution in [0.25, 0.3) is 21.8 Å². The van der Waals surface area contributed by atoms with Crippen LogP contribution in [0, 0.1) is 6.92 Å². The summed E-state index contributed by atoms with van der Waals surface area (Å²) in [6.45, 7) is 3.80. The molecule has 0 radical (unpaired) electrons. The molecule has 4 aromatic rings. The lowest BCUT2D eigenvalue weighted by Gasteiger charge is -2.08. The van der Waals surface area contributed by atoms with Gasteiger partial charge in [-0.1, -0.05) is 54.5 Å². The summed E-state index contributed by atoms with van der Waals surface area (Å²) >= 11 is 1.44. The van der Waals surface area contributed by atoms with Gasteiger partial charge >= 0.3 is 0 Å². The van der Waals surface area contributed by atoms with E-state index in [9.17, 15) is 9.59 Å². The molecule has 7 heteroatoms. The van der Waals surface area contributed by atoms with Crippen molar-refractivity contribution in [2.45, 2.75) is 20.3 Å². The van der Waals surface area contributed by atoms with E-state index in [0.717, 1.165) is 22.4 Å². The number of rotatable bonds is 5. The molecule has 6 nitrogen and oxygen atoms in total. The van der Waals surface area contributed by atoms with Crippen LogP contribution in [0.15, 0.2) is 70.6 Å². The molecular weight excluding hydrogens is 410 g/mol. The lowest BCUT2D eigenvalue weighted by molar-refractivity contribution is 0.0846. The van der Waals surface area contributed by atoms with Gasteiger partial charge in [-0.2, -0.15) is 0 Å². The minimum absolute atomic E-state index is 0.300. The number of hydrazine groups is 1. The second-order valence-electron chi connectivity index (χ2n) is 6.99. The molecule has 2 aromatic heterocycles. The molecule has 0 unspecified atom stereocenters. The number of nitrogens with one attached hydrogen (secondary N) is 2. The Hall–Kier alpha value is -3.71. The summed E-state index contributed by atoms with van der Waals surface area (Å²) in [6.07, 6.45) is 0.994. The second-order valence-corrected chi connectivity index (χ2v) is 7.93. The molecule has 0 atom stereocenters. The Balaban J connectivity index is 1.42. The van der Waals surface area contributed by atoms with Gasteiger partial charge in [0.05, 0.1) is 10.6 Å². The smallest absolute Gasteiger partial charge is 0.275 e. The number of hydrogen-bond acceptors (Lipinski definition) is 5. The van der Waals surface area contributed by atoms with Crippen molar-refractivity contribution in [3.8, 4) is 21.8 Å². The average molecular weight is 432 g/mol. The van der Waals surface area contributed by atoms with Gasteiger partial charge in [0, 0.05) is 5.56 Å². The summed E-state index contributed by atoms with van der Waals surface area (Å²) in [6, 6.07) is 19.3. The van der Waals surface area contributed by atoms with E-state index >= 15 is 0 Å². The maximum Gasteiger partial charge on any atom is 0.275 e. The van der Waals surface area contributed by atoms with Crippen molar-refractivity contribution in [1.82, 2.24) is 16.0 Å². The van der Waals surface area contributed by atoms with Crippen molar-refractivity contribution < 1.29 is 14.1 Å². The molecular formula is C24H21N3O3S. The number of aromatic nitrogens is 1. The van der Waals surface area contributed by atoms with Gasteiger partial charge in [-0.3, -0.25) is 20.4 Å². The van der Waals surface area contributed by atoms with Crippen LogP contribution in [-0.2, 0) is 6.42 Å². The maximum atomic E-state index is 12.6. The number of hydrogen-bond donors (Lipinski definition) is 2. The molecule has 156 valence electrons. The molecule has 0 bridgehead atoms. The zero-order chi connectivity index (χ0) is 21.8. The Morgan fingerprint density at radius 2 is 1.58 bits per heavy atom. The molecule has 0 fully saturated rings. The molecule has 2 heterocycles. The minimum Gasteiger partial charge on any atom is -0.354 e. The van der Waals surface area contributed by atoms with Crippen molar-refractivity contribution in [3.05, 3.63) is 88.4 Å². The number of thiophene rings is 1. The van der Waals surface area contributed by atoms with Crippen LogP contribution in [-0.4, -0.2) is 17.0 Å². The highest BCUT2D eigenvalue weighted by Crippen LogP contribution is 2.29. The van der Waals surface area contributed by atoms with E-state index in [2.05, 4.69) is 47.2 Å². The third-order valence-electron chi connectivity index (χ3n) is 4.97. The van der Waals surface area contributed by atoms with Crippen molar-refractivity contribution >= 4 is 23.2 Å². The first-order valence-corrected chi connectivity index (χ1v) is 10.7. The fraction of sp³-hybridized carbons (Fsp3) is 0.125. The van der Waals surface area contributed by atoms with Crippen LogP contribution in [0.5, 0.6) is 0 Å². The zero-order valence-corrected chi connectivity index (χ0v) is 18.0. The van der Waals surface area contributed by atoms with E-state index in [0.29, 0.717) is 22.6 Å². The van der Waals surface area contributed by atoms with Crippen LogP contribution in [0.1, 0.15) is 38.9 Å². The fourth-order valence-corrected chi connectivity index (χ4v) is 3.92. The molecule has 2 amide bonds. The lowest BCUT2D eigenvalue weighted by atomic mass is 10.0. The Labute approximate surface area is 183 Å². The van der Waals surface area contributed by atoms with Gasteiger partial charge in [-0.05, 0) is 53.6 Å². The van der Waals surface area contributed by atoms with Crippen LogP contribution < -0.4 is 10.9 Å². The topological polar surface area (TPSA) is 84.2 Å². The first-order valence-electron chi connectivity index (χ1n) is 9.87. The molecule has 31 heavy (non-hydrogen) atoms. The normalized spacial score (nSPS) is 10.6. The van der Waals surface area contributed by atoms with E-state index < -0.39 is 11.8 Å². The van der Waals surface area contributed by atoms with Gasteiger partial charge in [-0.15, -0.1) is 11.3 Å². The number of carbonyl (C=O) groups excluding carboxylic acids is 2. The van der Waals surface area contributed by atoms with E-state index in [-0.39, 0.29) is 0 Å². The van der Waals surface area contributed by atoms with Crippen LogP contribution in [0.2, 0.25) is 0 Å². The van der Waals surface area contributed by atoms with Gasteiger partial charge in [0.2, 0.25) is 0 Å². The van der Waals surface area contributed by atoms with Crippen LogP contribution in [0.4, 0.5) is 0 Å². The Kier molecular flexibility index (Phi) is 5.95. The third-order valence-corrected chi connectivity index (χ3v) is 5.84. The molecule has 4 rings (SSSR count). The number of aryl methyl sites for hydroxylation is 2. The first kappa shape index (κ1) is 20.6. The molecule has 0 spiro atoms. The number of carbonyl (C=O) groups is 2. The first-order chi connectivity index (χ1) is 15.1. The Bertz CT molecular complexity index is 1190. The highest BCUT2D eigenvalue weighted by Gasteiger charge is 2.23. The average Bonchev–Trinajstić information content (AvgIpc) is 3.47. The minimum atomic E-state index is -0.483. The summed E-state index contributed by atoms with van der Waals surface area (Å²) in [5.41, 5.74) is 9.48. The SMILES string of the molecule is CCc1ccc(-c2ccc(C(=O)NNC(=O)c3c(C)noc3-c3cccs3)cc2)cc1. The molecule has 0 aliphatic rings. The second kappa shape index (κ2) is 8.97. The van der Waals surface area contributed by atoms with Crippen molar-refractivity contribution in [3.63, 3.8) is 0 Å². The van der Waals surface area contributed by atoms with Crippen LogP contribution >= 0.6 is 11.3 Å². The Morgan fingerprint density at radius 1 is 0.935 bits per heavy atom. The van der Waals surface area contributed by atoms with Gasteiger partial charge < -0.3 is 4.52 Å². The molecule has 2 N–H and O–H groups in total. The zero-order valence-electron chi connectivity index (χ0n) is 17.1. The lowest BCUT2D eigenvalue weighted by Crippen LogP contribution is -2.41. The van der Waals surface area contributed by atoms with Crippen LogP contribution in [0.3, 0.4) is 0 Å². The van der Waals surface area contributed by atoms with Gasteiger partial charge in [-0.25, -0.2) is 0 Å². The number of amides is 2. The van der Waals surface area contributed by atoms with E-state index in [1.165, 1.54) is 16.9 Å². The highest BCUT2D eigenvalue weighted by molar-refractivity contribution is 7.13. The van der Waals surface area contributed by atoms with Crippen molar-refractivity contribution in [2.75, 3.05) is 0 Å². The predicted molar refractivity (Wildman–Crippen MR) is 121 cm³/mol. The standard InChI is InChI=1S/C24H21N3O3S/c1-3-16-6-8-17(9-7-16)18-10-12-19(13-11-18)23(28)25-26-24(29)21-15(2)27-30-22(21)20-5-4-14-31-20/h4-14H,3H2,1-2H3,(H,25,28)(H,26,29). The maximum absolute atomic E-state index is 12.6. The van der Waals surface area contributed by atoms with Crippen molar-refractivity contribution in [1.29, 1.82) is 0 Å². The summed E-state index contributed by atoms with van der Waals surface area (Å²) in [5, 5.41) is 5.77. The van der Waals surface area contributed by atoms with Crippen molar-refractivity contribution in [2.24, 2.45) is 0 Å². The Morgan fingerprint density at radius 3 is 2.19 bits per heavy atom. The fourth-order valence-electron chi connectivity index (χ4n) is 3.21. The van der Waals surface area contributed by atoms with Gasteiger partial charge in [0.1, 0.15) is 5.56 Å². The summed E-state index contributed by atoms with van der Waals surface area (Å²) in [4.78, 5) is 25.9. The molecule has 0 aliphatic carbocycles.